The SMILES string of the molecule is COCC1(C(=O)O)CCCN(C(=O)CCc2nc(-c3cccs3)no2)C1. The number of aryl methyl sites for hydroxylation is 1. The van der Waals surface area contributed by atoms with E-state index in [2.05, 4.69) is 10.1 Å². The first-order valence-corrected chi connectivity index (χ1v) is 9.28. The first kappa shape index (κ1) is 18.5. The van der Waals surface area contributed by atoms with Crippen molar-refractivity contribution in [3.63, 3.8) is 0 Å². The number of thiophene rings is 1. The average Bonchev–Trinajstić information content (AvgIpc) is 3.31. The van der Waals surface area contributed by atoms with Gasteiger partial charge in [0.2, 0.25) is 17.6 Å². The number of amides is 1. The molecule has 1 atom stereocenters. The van der Waals surface area contributed by atoms with Gasteiger partial charge in [-0.15, -0.1) is 11.3 Å². The van der Waals surface area contributed by atoms with Crippen molar-refractivity contribution in [1.29, 1.82) is 0 Å². The quantitative estimate of drug-likeness (QED) is 0.785. The Hall–Kier alpha value is -2.26. The maximum Gasteiger partial charge on any atom is 0.313 e. The molecule has 9 heteroatoms. The van der Waals surface area contributed by atoms with E-state index in [1.54, 1.807) is 4.90 Å². The highest BCUT2D eigenvalue weighted by Gasteiger charge is 2.43. The Kier molecular flexibility index (Phi) is 5.67. The highest BCUT2D eigenvalue weighted by Crippen LogP contribution is 2.31. The van der Waals surface area contributed by atoms with Gasteiger partial charge in [0.25, 0.3) is 0 Å². The molecule has 1 saturated heterocycles. The van der Waals surface area contributed by atoms with E-state index in [-0.39, 0.29) is 25.5 Å². The second-order valence-electron chi connectivity index (χ2n) is 6.43. The van der Waals surface area contributed by atoms with Gasteiger partial charge in [0, 0.05) is 33.0 Å². The molecule has 3 rings (SSSR count). The van der Waals surface area contributed by atoms with Crippen molar-refractivity contribution in [1.82, 2.24) is 15.0 Å². The molecule has 0 radical (unpaired) electrons. The molecule has 1 aliphatic heterocycles. The maximum absolute atomic E-state index is 12.5. The van der Waals surface area contributed by atoms with Crippen LogP contribution in [0.2, 0.25) is 0 Å². The fraction of sp³-hybridized carbons (Fsp3) is 0.529. The summed E-state index contributed by atoms with van der Waals surface area (Å²) in [4.78, 5) is 31.0. The summed E-state index contributed by atoms with van der Waals surface area (Å²) in [5, 5.41) is 15.4. The molecule has 2 aromatic heterocycles. The summed E-state index contributed by atoms with van der Waals surface area (Å²) in [6.07, 6.45) is 1.69. The van der Waals surface area contributed by atoms with Crippen LogP contribution in [0.15, 0.2) is 22.0 Å². The fourth-order valence-electron chi connectivity index (χ4n) is 3.21. The van der Waals surface area contributed by atoms with Gasteiger partial charge in [0.15, 0.2) is 0 Å². The predicted molar refractivity (Wildman–Crippen MR) is 93.7 cm³/mol. The molecule has 0 saturated carbocycles. The molecule has 8 nitrogen and oxygen atoms in total. The zero-order valence-electron chi connectivity index (χ0n) is 14.5. The molecule has 0 aromatic carbocycles. The van der Waals surface area contributed by atoms with Crippen molar-refractivity contribution in [2.45, 2.75) is 25.7 Å². The standard InChI is InChI=1S/C17H21N3O5S/c1-24-11-17(16(22)23)7-3-8-20(10-17)14(21)6-5-13-18-15(19-25-13)12-4-2-9-26-12/h2,4,9H,3,5-8,10-11H2,1H3,(H,22,23). The van der Waals surface area contributed by atoms with E-state index in [4.69, 9.17) is 9.26 Å². The Morgan fingerprint density at radius 3 is 3.04 bits per heavy atom. The number of methoxy groups -OCH3 is 1. The van der Waals surface area contributed by atoms with Crippen molar-refractivity contribution < 1.29 is 24.0 Å². The Labute approximate surface area is 154 Å². The summed E-state index contributed by atoms with van der Waals surface area (Å²) in [6.45, 7) is 0.821. The topological polar surface area (TPSA) is 106 Å². The van der Waals surface area contributed by atoms with Gasteiger partial charge in [-0.05, 0) is 24.3 Å². The number of likely N-dealkylation sites (tertiary alicyclic amines) is 1. The molecule has 1 fully saturated rings. The number of aliphatic carboxylic acids is 1. The number of hydrogen-bond acceptors (Lipinski definition) is 7. The minimum Gasteiger partial charge on any atom is -0.481 e. The highest BCUT2D eigenvalue weighted by atomic mass is 32.1. The second-order valence-corrected chi connectivity index (χ2v) is 7.37. The van der Waals surface area contributed by atoms with E-state index >= 15 is 0 Å². The van der Waals surface area contributed by atoms with Crippen molar-refractivity contribution in [3.05, 3.63) is 23.4 Å². The summed E-state index contributed by atoms with van der Waals surface area (Å²) in [6, 6.07) is 3.81. The van der Waals surface area contributed by atoms with Crippen molar-refractivity contribution >= 4 is 23.2 Å². The number of carboxylic acids is 1. The van der Waals surface area contributed by atoms with Gasteiger partial charge in [-0.3, -0.25) is 9.59 Å². The lowest BCUT2D eigenvalue weighted by atomic mass is 9.80. The van der Waals surface area contributed by atoms with Crippen LogP contribution in [0.25, 0.3) is 10.7 Å². The zero-order valence-corrected chi connectivity index (χ0v) is 15.3. The lowest BCUT2D eigenvalue weighted by Gasteiger charge is -2.39. The monoisotopic (exact) mass is 379 g/mol. The van der Waals surface area contributed by atoms with Crippen molar-refractivity contribution in [3.8, 4) is 10.7 Å². The third-order valence-electron chi connectivity index (χ3n) is 4.57. The first-order chi connectivity index (χ1) is 12.5. The molecule has 0 bridgehead atoms. The summed E-state index contributed by atoms with van der Waals surface area (Å²) >= 11 is 1.52. The smallest absolute Gasteiger partial charge is 0.313 e. The van der Waals surface area contributed by atoms with Gasteiger partial charge >= 0.3 is 5.97 Å². The summed E-state index contributed by atoms with van der Waals surface area (Å²) in [7, 11) is 1.48. The number of hydrogen-bond donors (Lipinski definition) is 1. The molecule has 2 aromatic rings. The molecule has 0 spiro atoms. The van der Waals surface area contributed by atoms with Crippen LogP contribution in [0, 0.1) is 5.41 Å². The van der Waals surface area contributed by atoms with E-state index in [1.165, 1.54) is 18.4 Å². The van der Waals surface area contributed by atoms with Gasteiger partial charge in [-0.1, -0.05) is 11.2 Å². The van der Waals surface area contributed by atoms with Gasteiger partial charge in [0.05, 0.1) is 11.5 Å². The van der Waals surface area contributed by atoms with Crippen LogP contribution in [0.1, 0.15) is 25.2 Å². The van der Waals surface area contributed by atoms with Crippen molar-refractivity contribution in [2.75, 3.05) is 26.8 Å². The molecule has 1 N–H and O–H groups in total. The number of carbonyl (C=O) groups excluding carboxylic acids is 1. The molecule has 1 aliphatic rings. The number of rotatable bonds is 7. The van der Waals surface area contributed by atoms with E-state index in [1.807, 2.05) is 17.5 Å². The average molecular weight is 379 g/mol. The Morgan fingerprint density at radius 2 is 2.35 bits per heavy atom. The van der Waals surface area contributed by atoms with E-state index < -0.39 is 11.4 Å². The van der Waals surface area contributed by atoms with E-state index in [9.17, 15) is 14.7 Å². The molecule has 26 heavy (non-hydrogen) atoms. The molecule has 0 aliphatic carbocycles. The molecule has 1 amide bonds. The molecular formula is C17H21N3O5S. The number of carbonyl (C=O) groups is 2. The van der Waals surface area contributed by atoms with Crippen LogP contribution >= 0.6 is 11.3 Å². The van der Waals surface area contributed by atoms with Gasteiger partial charge in [0.1, 0.15) is 5.41 Å². The lowest BCUT2D eigenvalue weighted by molar-refractivity contribution is -0.159. The zero-order chi connectivity index (χ0) is 18.6. The number of piperidine rings is 1. The number of carboxylic acid groups (broad SMARTS) is 1. The Balaban J connectivity index is 1.58. The molecule has 140 valence electrons. The Morgan fingerprint density at radius 1 is 1.50 bits per heavy atom. The number of aromatic nitrogens is 2. The van der Waals surface area contributed by atoms with E-state index in [0.29, 0.717) is 37.5 Å². The molecule has 1 unspecified atom stereocenters. The molecular weight excluding hydrogens is 358 g/mol. The lowest BCUT2D eigenvalue weighted by Crippen LogP contribution is -2.52. The van der Waals surface area contributed by atoms with Crippen LogP contribution < -0.4 is 0 Å². The number of nitrogens with zero attached hydrogens (tertiary/aromatic N) is 3. The maximum atomic E-state index is 12.5. The second kappa shape index (κ2) is 7.96. The fourth-order valence-corrected chi connectivity index (χ4v) is 3.86. The molecule has 3 heterocycles. The largest absolute Gasteiger partial charge is 0.481 e. The third kappa shape index (κ3) is 3.94. The van der Waals surface area contributed by atoms with Crippen LogP contribution in [-0.2, 0) is 20.7 Å². The van der Waals surface area contributed by atoms with Crippen LogP contribution in [0.3, 0.4) is 0 Å². The van der Waals surface area contributed by atoms with Gasteiger partial charge in [-0.25, -0.2) is 0 Å². The van der Waals surface area contributed by atoms with Gasteiger partial charge in [-0.2, -0.15) is 4.98 Å². The first-order valence-electron chi connectivity index (χ1n) is 8.41. The van der Waals surface area contributed by atoms with Gasteiger partial charge < -0.3 is 19.3 Å². The number of ether oxygens (including phenoxy) is 1. The van der Waals surface area contributed by atoms with Crippen LogP contribution in [-0.4, -0.2) is 58.8 Å². The Bertz CT molecular complexity index is 756. The van der Waals surface area contributed by atoms with E-state index in [0.717, 1.165) is 4.88 Å². The third-order valence-corrected chi connectivity index (χ3v) is 5.43. The summed E-state index contributed by atoms with van der Waals surface area (Å²) in [5.74, 6) is -0.109. The summed E-state index contributed by atoms with van der Waals surface area (Å²) < 4.78 is 10.3. The van der Waals surface area contributed by atoms with Crippen molar-refractivity contribution in [2.24, 2.45) is 5.41 Å². The predicted octanol–water partition coefficient (Wildman–Crippen LogP) is 2.07. The normalized spacial score (nSPS) is 20.3. The van der Waals surface area contributed by atoms with Crippen LogP contribution in [0.5, 0.6) is 0 Å². The minimum absolute atomic E-state index is 0.0972. The van der Waals surface area contributed by atoms with Crippen LogP contribution in [0.4, 0.5) is 0 Å². The summed E-state index contributed by atoms with van der Waals surface area (Å²) in [5.41, 5.74) is -1.03. The highest BCUT2D eigenvalue weighted by molar-refractivity contribution is 7.13. The minimum atomic E-state index is -1.03.